The van der Waals surface area contributed by atoms with E-state index in [0.29, 0.717) is 12.5 Å². The summed E-state index contributed by atoms with van der Waals surface area (Å²) in [7, 11) is 0. The number of rotatable bonds is 4. The minimum absolute atomic E-state index is 0.266. The third-order valence-electron chi connectivity index (χ3n) is 1.71. The van der Waals surface area contributed by atoms with Gasteiger partial charge in [-0.1, -0.05) is 13.8 Å². The third kappa shape index (κ3) is 3.40. The summed E-state index contributed by atoms with van der Waals surface area (Å²) >= 11 is 0. The summed E-state index contributed by atoms with van der Waals surface area (Å²) in [5.74, 6) is 0.266. The van der Waals surface area contributed by atoms with E-state index < -0.39 is 0 Å². The maximum Gasteiger partial charge on any atom is 0.222 e. The molecule has 0 heterocycles. The van der Waals surface area contributed by atoms with Crippen molar-refractivity contribution in [2.75, 3.05) is 6.54 Å². The first-order valence-corrected chi connectivity index (χ1v) is 4.42. The fourth-order valence-electron chi connectivity index (χ4n) is 1.11. The van der Waals surface area contributed by atoms with Gasteiger partial charge in [0.1, 0.15) is 0 Å². The summed E-state index contributed by atoms with van der Waals surface area (Å²) in [6, 6.07) is 0.349. The number of hydrogen-bond donors (Lipinski definition) is 0. The maximum absolute atomic E-state index is 11.3. The van der Waals surface area contributed by atoms with Crippen LogP contribution in [0.25, 0.3) is 0 Å². The molecule has 0 aliphatic rings. The van der Waals surface area contributed by atoms with Gasteiger partial charge in [0.15, 0.2) is 0 Å². The van der Waals surface area contributed by atoms with Crippen LogP contribution in [0.5, 0.6) is 0 Å². The lowest BCUT2D eigenvalue weighted by Crippen LogP contribution is -2.36. The Morgan fingerprint density at radius 1 is 1.36 bits per heavy atom. The Balaban J connectivity index is 3.98. The van der Waals surface area contributed by atoms with Gasteiger partial charge in [0.2, 0.25) is 5.91 Å². The van der Waals surface area contributed by atoms with Crippen molar-refractivity contribution in [1.82, 2.24) is 4.90 Å². The molecule has 66 valence electrons. The van der Waals surface area contributed by atoms with Gasteiger partial charge >= 0.3 is 0 Å². The molecule has 0 rings (SSSR count). The van der Waals surface area contributed by atoms with E-state index in [9.17, 15) is 4.79 Å². The highest BCUT2D eigenvalue weighted by Crippen LogP contribution is 2.02. The van der Waals surface area contributed by atoms with Gasteiger partial charge in [-0.2, -0.15) is 0 Å². The van der Waals surface area contributed by atoms with E-state index in [1.165, 1.54) is 0 Å². The van der Waals surface area contributed by atoms with Crippen molar-refractivity contribution in [3.05, 3.63) is 0 Å². The Morgan fingerprint density at radius 3 is 2.18 bits per heavy atom. The Hall–Kier alpha value is -0.530. The lowest BCUT2D eigenvalue weighted by molar-refractivity contribution is -0.132. The van der Waals surface area contributed by atoms with E-state index >= 15 is 0 Å². The number of hydrogen-bond acceptors (Lipinski definition) is 1. The van der Waals surface area contributed by atoms with Crippen molar-refractivity contribution in [1.29, 1.82) is 0 Å². The summed E-state index contributed by atoms with van der Waals surface area (Å²) in [5.41, 5.74) is 0. The van der Waals surface area contributed by atoms with Gasteiger partial charge in [0.05, 0.1) is 0 Å². The molecule has 0 radical (unpaired) electrons. The molecule has 1 amide bonds. The lowest BCUT2D eigenvalue weighted by Gasteiger charge is -2.25. The molecule has 0 spiro atoms. The molecule has 0 aromatic rings. The van der Waals surface area contributed by atoms with Crippen LogP contribution in [-0.4, -0.2) is 23.4 Å². The van der Waals surface area contributed by atoms with Crippen molar-refractivity contribution < 1.29 is 4.79 Å². The molecule has 0 aromatic heterocycles. The Labute approximate surface area is 69.6 Å². The van der Waals surface area contributed by atoms with E-state index in [4.69, 9.17) is 0 Å². The van der Waals surface area contributed by atoms with Crippen LogP contribution in [0.2, 0.25) is 0 Å². The van der Waals surface area contributed by atoms with Crippen LogP contribution in [-0.2, 0) is 4.79 Å². The van der Waals surface area contributed by atoms with E-state index in [0.717, 1.165) is 13.0 Å². The zero-order valence-corrected chi connectivity index (χ0v) is 8.05. The molecule has 0 N–H and O–H groups in total. The normalized spacial score (nSPS) is 10.3. The number of amides is 1. The predicted molar refractivity (Wildman–Crippen MR) is 47.4 cm³/mol. The van der Waals surface area contributed by atoms with E-state index in [-0.39, 0.29) is 5.91 Å². The van der Waals surface area contributed by atoms with E-state index in [2.05, 4.69) is 20.8 Å². The molecule has 0 saturated heterocycles. The highest BCUT2D eigenvalue weighted by molar-refractivity contribution is 5.76. The summed E-state index contributed by atoms with van der Waals surface area (Å²) in [6.45, 7) is 9.02. The average molecular weight is 157 g/mol. The molecule has 0 aliphatic carbocycles. The molecular weight excluding hydrogens is 138 g/mol. The van der Waals surface area contributed by atoms with Crippen LogP contribution < -0.4 is 0 Å². The van der Waals surface area contributed by atoms with Crippen molar-refractivity contribution >= 4 is 5.91 Å². The van der Waals surface area contributed by atoms with Crippen LogP contribution in [0.4, 0.5) is 0 Å². The summed E-state index contributed by atoms with van der Waals surface area (Å²) in [4.78, 5) is 13.2. The van der Waals surface area contributed by atoms with Gasteiger partial charge in [-0.25, -0.2) is 0 Å². The van der Waals surface area contributed by atoms with Crippen LogP contribution in [0.15, 0.2) is 0 Å². The summed E-state index contributed by atoms with van der Waals surface area (Å²) in [6.07, 6.45) is 1.67. The number of carbonyl (C=O) groups excluding carboxylic acids is 1. The van der Waals surface area contributed by atoms with Gasteiger partial charge in [-0.3, -0.25) is 4.79 Å². The second-order valence-electron chi connectivity index (χ2n) is 3.03. The first kappa shape index (κ1) is 10.5. The van der Waals surface area contributed by atoms with Crippen LogP contribution in [0.3, 0.4) is 0 Å². The minimum Gasteiger partial charge on any atom is -0.340 e. The van der Waals surface area contributed by atoms with Crippen molar-refractivity contribution in [2.45, 2.75) is 46.6 Å². The number of carbonyl (C=O) groups is 1. The predicted octanol–water partition coefficient (Wildman–Crippen LogP) is 2.04. The van der Waals surface area contributed by atoms with Crippen LogP contribution in [0, 0.1) is 0 Å². The molecule has 0 unspecified atom stereocenters. The second kappa shape index (κ2) is 5.16. The minimum atomic E-state index is 0.266. The SMILES string of the molecule is CCCN(C(=O)CC)C(C)C. The topological polar surface area (TPSA) is 20.3 Å². The van der Waals surface area contributed by atoms with E-state index in [1.54, 1.807) is 0 Å². The first-order chi connectivity index (χ1) is 5.13. The summed E-state index contributed by atoms with van der Waals surface area (Å²) < 4.78 is 0. The zero-order chi connectivity index (χ0) is 8.85. The molecule has 2 nitrogen and oxygen atoms in total. The van der Waals surface area contributed by atoms with Gasteiger partial charge in [-0.05, 0) is 20.3 Å². The fourth-order valence-corrected chi connectivity index (χ4v) is 1.11. The summed E-state index contributed by atoms with van der Waals surface area (Å²) in [5, 5.41) is 0. The molecule has 0 atom stereocenters. The lowest BCUT2D eigenvalue weighted by atomic mass is 10.2. The van der Waals surface area contributed by atoms with Crippen molar-refractivity contribution in [3.8, 4) is 0 Å². The zero-order valence-electron chi connectivity index (χ0n) is 8.05. The monoisotopic (exact) mass is 157 g/mol. The first-order valence-electron chi connectivity index (χ1n) is 4.42. The molecule has 0 fully saturated rings. The quantitative estimate of drug-likeness (QED) is 0.611. The molecular formula is C9H19NO. The standard InChI is InChI=1S/C9H19NO/c1-5-7-10(8(3)4)9(11)6-2/h8H,5-7H2,1-4H3. The van der Waals surface area contributed by atoms with Crippen molar-refractivity contribution in [3.63, 3.8) is 0 Å². The van der Waals surface area contributed by atoms with Gasteiger partial charge in [-0.15, -0.1) is 0 Å². The van der Waals surface area contributed by atoms with Gasteiger partial charge in [0, 0.05) is 19.0 Å². The second-order valence-corrected chi connectivity index (χ2v) is 3.03. The van der Waals surface area contributed by atoms with Crippen LogP contribution in [0.1, 0.15) is 40.5 Å². The van der Waals surface area contributed by atoms with Gasteiger partial charge < -0.3 is 4.90 Å². The molecule has 0 bridgehead atoms. The molecule has 0 aliphatic heterocycles. The highest BCUT2D eigenvalue weighted by atomic mass is 16.2. The van der Waals surface area contributed by atoms with E-state index in [1.807, 2.05) is 11.8 Å². The third-order valence-corrected chi connectivity index (χ3v) is 1.71. The average Bonchev–Trinajstić information content (AvgIpc) is 1.98. The number of nitrogens with zero attached hydrogens (tertiary/aromatic N) is 1. The Kier molecular flexibility index (Phi) is 4.92. The Bertz CT molecular complexity index is 121. The van der Waals surface area contributed by atoms with Crippen molar-refractivity contribution in [2.24, 2.45) is 0 Å². The maximum atomic E-state index is 11.3. The highest BCUT2D eigenvalue weighted by Gasteiger charge is 2.12. The molecule has 2 heteroatoms. The molecule has 11 heavy (non-hydrogen) atoms. The molecule has 0 aromatic carbocycles. The largest absolute Gasteiger partial charge is 0.340 e. The van der Waals surface area contributed by atoms with Crippen LogP contribution >= 0.6 is 0 Å². The smallest absolute Gasteiger partial charge is 0.222 e. The molecule has 0 saturated carbocycles. The fraction of sp³-hybridized carbons (Fsp3) is 0.889. The van der Waals surface area contributed by atoms with Gasteiger partial charge in [0.25, 0.3) is 0 Å². The Morgan fingerprint density at radius 2 is 1.91 bits per heavy atom.